The summed E-state index contributed by atoms with van der Waals surface area (Å²) in [6, 6.07) is 8.10. The highest BCUT2D eigenvalue weighted by Crippen LogP contribution is 2.12. The topological polar surface area (TPSA) is 49.9 Å². The zero-order chi connectivity index (χ0) is 11.5. The molecular weight excluding hydrogens is 214 g/mol. The normalized spacial score (nSPS) is 20.1. The van der Waals surface area contributed by atoms with Crippen molar-refractivity contribution in [2.45, 2.75) is 25.5 Å². The van der Waals surface area contributed by atoms with Crippen LogP contribution in [0.2, 0.25) is 0 Å². The van der Waals surface area contributed by atoms with E-state index in [1.54, 1.807) is 0 Å². The first-order chi connectivity index (χ1) is 8.42. The van der Waals surface area contributed by atoms with Crippen molar-refractivity contribution in [2.75, 3.05) is 13.2 Å². The molecule has 1 aromatic heterocycles. The standard InChI is InChI=1S/C13H17N3O/c1-2-6-12-11(5-1)15-13(16-12)9-14-8-10-4-3-7-17-10/h1-2,5-6,10,14H,3-4,7-9H2,(H,15,16). The Balaban J connectivity index is 1.57. The van der Waals surface area contributed by atoms with E-state index in [1.807, 2.05) is 24.3 Å². The molecule has 2 aromatic rings. The average Bonchev–Trinajstić information content (AvgIpc) is 2.96. The van der Waals surface area contributed by atoms with Crippen LogP contribution in [0.15, 0.2) is 24.3 Å². The maximum absolute atomic E-state index is 5.56. The molecule has 2 N–H and O–H groups in total. The van der Waals surface area contributed by atoms with Gasteiger partial charge < -0.3 is 15.0 Å². The minimum Gasteiger partial charge on any atom is -0.377 e. The van der Waals surface area contributed by atoms with Crippen LogP contribution in [0.25, 0.3) is 11.0 Å². The molecule has 90 valence electrons. The molecule has 4 nitrogen and oxygen atoms in total. The highest BCUT2D eigenvalue weighted by molar-refractivity contribution is 5.74. The van der Waals surface area contributed by atoms with Crippen LogP contribution in [0.5, 0.6) is 0 Å². The maximum Gasteiger partial charge on any atom is 0.121 e. The highest BCUT2D eigenvalue weighted by atomic mass is 16.5. The zero-order valence-corrected chi connectivity index (χ0v) is 9.78. The van der Waals surface area contributed by atoms with Crippen LogP contribution in [0.4, 0.5) is 0 Å². The number of hydrogen-bond acceptors (Lipinski definition) is 3. The van der Waals surface area contributed by atoms with Gasteiger partial charge in [0.1, 0.15) is 5.82 Å². The van der Waals surface area contributed by atoms with Crippen molar-refractivity contribution in [1.29, 1.82) is 0 Å². The number of aromatic amines is 1. The number of para-hydroxylation sites is 2. The summed E-state index contributed by atoms with van der Waals surface area (Å²) in [5, 5.41) is 3.39. The fourth-order valence-electron chi connectivity index (χ4n) is 2.25. The first-order valence-electron chi connectivity index (χ1n) is 6.18. The van der Waals surface area contributed by atoms with Crippen LogP contribution in [-0.4, -0.2) is 29.2 Å². The van der Waals surface area contributed by atoms with E-state index in [1.165, 1.54) is 12.8 Å². The molecule has 1 fully saturated rings. The van der Waals surface area contributed by atoms with Crippen LogP contribution in [-0.2, 0) is 11.3 Å². The maximum atomic E-state index is 5.56. The largest absolute Gasteiger partial charge is 0.377 e. The minimum atomic E-state index is 0.388. The molecular formula is C13H17N3O. The molecule has 2 heterocycles. The first kappa shape index (κ1) is 10.7. The summed E-state index contributed by atoms with van der Waals surface area (Å²) >= 11 is 0. The van der Waals surface area contributed by atoms with Crippen molar-refractivity contribution in [3.05, 3.63) is 30.1 Å². The summed E-state index contributed by atoms with van der Waals surface area (Å²) in [5.74, 6) is 0.990. The summed E-state index contributed by atoms with van der Waals surface area (Å²) in [4.78, 5) is 7.82. The lowest BCUT2D eigenvalue weighted by atomic mass is 10.2. The molecule has 0 spiro atoms. The summed E-state index contributed by atoms with van der Waals surface area (Å²) in [6.45, 7) is 2.60. The van der Waals surface area contributed by atoms with E-state index in [0.29, 0.717) is 6.10 Å². The van der Waals surface area contributed by atoms with Crippen LogP contribution in [0.1, 0.15) is 18.7 Å². The number of aromatic nitrogens is 2. The van der Waals surface area contributed by atoms with Crippen molar-refractivity contribution >= 4 is 11.0 Å². The number of rotatable bonds is 4. The van der Waals surface area contributed by atoms with Gasteiger partial charge in [0.25, 0.3) is 0 Å². The number of imidazole rings is 1. The van der Waals surface area contributed by atoms with Crippen molar-refractivity contribution in [3.8, 4) is 0 Å². The van der Waals surface area contributed by atoms with Gasteiger partial charge in [-0.15, -0.1) is 0 Å². The van der Waals surface area contributed by atoms with Crippen LogP contribution in [0.3, 0.4) is 0 Å². The number of hydrogen-bond donors (Lipinski definition) is 2. The smallest absolute Gasteiger partial charge is 0.121 e. The molecule has 1 unspecified atom stereocenters. The number of nitrogens with one attached hydrogen (secondary N) is 2. The van der Waals surface area contributed by atoms with Crippen LogP contribution < -0.4 is 5.32 Å². The van der Waals surface area contributed by atoms with Gasteiger partial charge in [-0.1, -0.05) is 12.1 Å². The molecule has 0 aliphatic carbocycles. The lowest BCUT2D eigenvalue weighted by Crippen LogP contribution is -2.26. The van der Waals surface area contributed by atoms with E-state index >= 15 is 0 Å². The number of benzene rings is 1. The molecule has 0 bridgehead atoms. The molecule has 1 atom stereocenters. The van der Waals surface area contributed by atoms with Crippen molar-refractivity contribution in [1.82, 2.24) is 15.3 Å². The van der Waals surface area contributed by atoms with E-state index in [4.69, 9.17) is 4.74 Å². The fraction of sp³-hybridized carbons (Fsp3) is 0.462. The van der Waals surface area contributed by atoms with Crippen molar-refractivity contribution in [2.24, 2.45) is 0 Å². The second kappa shape index (κ2) is 4.85. The van der Waals surface area contributed by atoms with Gasteiger partial charge in [0.05, 0.1) is 23.7 Å². The van der Waals surface area contributed by atoms with Gasteiger partial charge in [-0.05, 0) is 25.0 Å². The molecule has 1 aliphatic rings. The quantitative estimate of drug-likeness (QED) is 0.844. The van der Waals surface area contributed by atoms with E-state index in [-0.39, 0.29) is 0 Å². The van der Waals surface area contributed by atoms with Crippen molar-refractivity contribution < 1.29 is 4.74 Å². The number of H-pyrrole nitrogens is 1. The van der Waals surface area contributed by atoms with Gasteiger partial charge in [0.15, 0.2) is 0 Å². The highest BCUT2D eigenvalue weighted by Gasteiger charge is 2.14. The molecule has 4 heteroatoms. The van der Waals surface area contributed by atoms with Gasteiger partial charge in [-0.25, -0.2) is 4.98 Å². The van der Waals surface area contributed by atoms with Gasteiger partial charge in [-0.3, -0.25) is 0 Å². The summed E-state index contributed by atoms with van der Waals surface area (Å²) in [5.41, 5.74) is 2.13. The minimum absolute atomic E-state index is 0.388. The zero-order valence-electron chi connectivity index (χ0n) is 9.78. The van der Waals surface area contributed by atoms with E-state index < -0.39 is 0 Å². The van der Waals surface area contributed by atoms with Crippen molar-refractivity contribution in [3.63, 3.8) is 0 Å². The van der Waals surface area contributed by atoms with Gasteiger partial charge in [0.2, 0.25) is 0 Å². The molecule has 1 aromatic carbocycles. The third-order valence-electron chi connectivity index (χ3n) is 3.13. The molecule has 17 heavy (non-hydrogen) atoms. The first-order valence-corrected chi connectivity index (χ1v) is 6.18. The van der Waals surface area contributed by atoms with E-state index in [9.17, 15) is 0 Å². The second-order valence-electron chi connectivity index (χ2n) is 4.47. The Hall–Kier alpha value is -1.39. The number of nitrogens with zero attached hydrogens (tertiary/aromatic N) is 1. The Kier molecular flexibility index (Phi) is 3.07. The van der Waals surface area contributed by atoms with Crippen LogP contribution in [0, 0.1) is 0 Å². The molecule has 0 amide bonds. The van der Waals surface area contributed by atoms with Crippen LogP contribution >= 0.6 is 0 Å². The summed E-state index contributed by atoms with van der Waals surface area (Å²) in [6.07, 6.45) is 2.75. The third kappa shape index (κ3) is 2.48. The summed E-state index contributed by atoms with van der Waals surface area (Å²) < 4.78 is 5.56. The molecule has 1 aliphatic heterocycles. The SMILES string of the molecule is c1ccc2[nH]c(CNCC3CCCO3)nc2c1. The predicted octanol–water partition coefficient (Wildman–Crippen LogP) is 1.83. The lowest BCUT2D eigenvalue weighted by Gasteiger charge is -2.09. The van der Waals surface area contributed by atoms with E-state index in [0.717, 1.165) is 36.6 Å². The Morgan fingerprint density at radius 1 is 1.41 bits per heavy atom. The summed E-state index contributed by atoms with van der Waals surface area (Å²) in [7, 11) is 0. The lowest BCUT2D eigenvalue weighted by molar-refractivity contribution is 0.110. The molecule has 0 saturated carbocycles. The van der Waals surface area contributed by atoms with Gasteiger partial charge in [-0.2, -0.15) is 0 Å². The Bertz CT molecular complexity index is 455. The second-order valence-corrected chi connectivity index (χ2v) is 4.47. The van der Waals surface area contributed by atoms with E-state index in [2.05, 4.69) is 15.3 Å². The Morgan fingerprint density at radius 3 is 3.18 bits per heavy atom. The fourth-order valence-corrected chi connectivity index (χ4v) is 2.25. The van der Waals surface area contributed by atoms with Gasteiger partial charge in [0, 0.05) is 13.2 Å². The molecule has 0 radical (unpaired) electrons. The van der Waals surface area contributed by atoms with Gasteiger partial charge >= 0.3 is 0 Å². The monoisotopic (exact) mass is 231 g/mol. The molecule has 1 saturated heterocycles. The predicted molar refractivity (Wildman–Crippen MR) is 66.8 cm³/mol. The Labute approximate surface area is 100 Å². The molecule has 3 rings (SSSR count). The average molecular weight is 231 g/mol. The Morgan fingerprint density at radius 2 is 2.35 bits per heavy atom. The number of fused-ring (bicyclic) bond motifs is 1. The third-order valence-corrected chi connectivity index (χ3v) is 3.13. The number of ether oxygens (including phenoxy) is 1.